The molecule has 76 valence electrons. The van der Waals surface area contributed by atoms with Crippen molar-refractivity contribution in [2.45, 2.75) is 55.4 Å². The summed E-state index contributed by atoms with van der Waals surface area (Å²) in [6, 6.07) is 0. The zero-order valence-electron chi connectivity index (χ0n) is 8.34. The summed E-state index contributed by atoms with van der Waals surface area (Å²) in [7, 11) is 0. The van der Waals surface area contributed by atoms with Crippen molar-refractivity contribution in [1.29, 1.82) is 0 Å². The lowest BCUT2D eigenvalue weighted by atomic mass is 10.1. The normalized spacial score (nSPS) is 36.0. The smallest absolute Gasteiger partial charge is 0.00575 e. The van der Waals surface area contributed by atoms with Gasteiger partial charge in [0.15, 0.2) is 0 Å². The van der Waals surface area contributed by atoms with E-state index in [1.54, 1.807) is 0 Å². The summed E-state index contributed by atoms with van der Waals surface area (Å²) in [5.74, 6) is 2.87. The van der Waals surface area contributed by atoms with Gasteiger partial charge in [0.25, 0.3) is 0 Å². The third-order valence-corrected chi connectivity index (χ3v) is 5.92. The van der Waals surface area contributed by atoms with Crippen molar-refractivity contribution in [3.05, 3.63) is 0 Å². The molecule has 2 unspecified atom stereocenters. The van der Waals surface area contributed by atoms with E-state index in [9.17, 15) is 0 Å². The minimum atomic E-state index is 1.02. The van der Waals surface area contributed by atoms with E-state index in [2.05, 4.69) is 23.5 Å². The van der Waals surface area contributed by atoms with Gasteiger partial charge in [0.05, 0.1) is 0 Å². The van der Waals surface area contributed by atoms with Gasteiger partial charge < -0.3 is 0 Å². The molecule has 0 aromatic carbocycles. The van der Waals surface area contributed by atoms with Crippen LogP contribution in [0.3, 0.4) is 0 Å². The maximum absolute atomic E-state index is 2.24. The summed E-state index contributed by atoms with van der Waals surface area (Å²) in [6.45, 7) is 0. The summed E-state index contributed by atoms with van der Waals surface area (Å²) in [6.07, 6.45) is 10.4. The Morgan fingerprint density at radius 1 is 0.769 bits per heavy atom. The van der Waals surface area contributed by atoms with E-state index in [0.29, 0.717) is 0 Å². The lowest BCUT2D eigenvalue weighted by Crippen LogP contribution is -2.18. The predicted octanol–water partition coefficient (Wildman–Crippen LogP) is 3.95. The predicted molar refractivity (Wildman–Crippen MR) is 64.8 cm³/mol. The van der Waals surface area contributed by atoms with Crippen LogP contribution in [-0.4, -0.2) is 22.0 Å². The number of thioether (sulfide) groups is 2. The molecule has 2 heteroatoms. The van der Waals surface area contributed by atoms with Crippen LogP contribution in [0.5, 0.6) is 0 Å². The molecule has 2 rings (SSSR count). The quantitative estimate of drug-likeness (QED) is 0.685. The SMILES string of the molecule is C1CCC(CC2CCCCS2)SC1. The molecule has 0 radical (unpaired) electrons. The lowest BCUT2D eigenvalue weighted by Gasteiger charge is -2.28. The zero-order valence-corrected chi connectivity index (χ0v) is 9.97. The van der Waals surface area contributed by atoms with Gasteiger partial charge in [-0.2, -0.15) is 23.5 Å². The highest BCUT2D eigenvalue weighted by Crippen LogP contribution is 2.35. The molecule has 2 atom stereocenters. The van der Waals surface area contributed by atoms with Crippen LogP contribution in [0.25, 0.3) is 0 Å². The Hall–Kier alpha value is 0.700. The first-order chi connectivity index (χ1) is 6.45. The fourth-order valence-corrected chi connectivity index (χ4v) is 5.21. The van der Waals surface area contributed by atoms with Crippen LogP contribution in [0.15, 0.2) is 0 Å². The van der Waals surface area contributed by atoms with Crippen molar-refractivity contribution in [3.63, 3.8) is 0 Å². The Bertz CT molecular complexity index is 119. The van der Waals surface area contributed by atoms with Crippen LogP contribution in [0.2, 0.25) is 0 Å². The van der Waals surface area contributed by atoms with Crippen molar-refractivity contribution in [2.24, 2.45) is 0 Å². The highest BCUT2D eigenvalue weighted by molar-refractivity contribution is 8.00. The molecule has 2 saturated heterocycles. The molecule has 13 heavy (non-hydrogen) atoms. The average Bonchev–Trinajstić information content (AvgIpc) is 2.21. The van der Waals surface area contributed by atoms with Gasteiger partial charge in [-0.1, -0.05) is 12.8 Å². The van der Waals surface area contributed by atoms with Crippen molar-refractivity contribution in [1.82, 2.24) is 0 Å². The van der Waals surface area contributed by atoms with E-state index in [0.717, 1.165) is 10.5 Å². The lowest BCUT2D eigenvalue weighted by molar-refractivity contribution is 0.574. The van der Waals surface area contributed by atoms with Gasteiger partial charge in [-0.25, -0.2) is 0 Å². The first kappa shape index (κ1) is 10.2. The molecule has 0 saturated carbocycles. The van der Waals surface area contributed by atoms with Gasteiger partial charge in [0.2, 0.25) is 0 Å². The van der Waals surface area contributed by atoms with E-state index in [1.807, 2.05) is 0 Å². The molecule has 0 amide bonds. The highest BCUT2D eigenvalue weighted by Gasteiger charge is 2.21. The molecule has 0 nitrogen and oxygen atoms in total. The summed E-state index contributed by atoms with van der Waals surface area (Å²) >= 11 is 4.49. The summed E-state index contributed by atoms with van der Waals surface area (Å²) in [5, 5.41) is 2.04. The monoisotopic (exact) mass is 216 g/mol. The largest absolute Gasteiger partial charge is 0.159 e. The number of hydrogen-bond donors (Lipinski definition) is 0. The Labute approximate surface area is 90.6 Å². The van der Waals surface area contributed by atoms with Crippen molar-refractivity contribution >= 4 is 23.5 Å². The van der Waals surface area contributed by atoms with E-state index in [1.165, 1.54) is 56.5 Å². The van der Waals surface area contributed by atoms with Crippen LogP contribution in [0.1, 0.15) is 44.9 Å². The van der Waals surface area contributed by atoms with Gasteiger partial charge >= 0.3 is 0 Å². The first-order valence-electron chi connectivity index (χ1n) is 5.68. The standard InChI is InChI=1S/C11H20S2/c1-3-7-12-10(5-1)9-11-6-2-4-8-13-11/h10-11H,1-9H2. The number of hydrogen-bond acceptors (Lipinski definition) is 2. The minimum absolute atomic E-state index is 1.02. The minimum Gasteiger partial charge on any atom is -0.159 e. The average molecular weight is 216 g/mol. The molecular weight excluding hydrogens is 196 g/mol. The maximum atomic E-state index is 2.24. The third-order valence-electron chi connectivity index (χ3n) is 3.07. The Kier molecular flexibility index (Phi) is 4.36. The molecule has 2 aliphatic rings. The van der Waals surface area contributed by atoms with Crippen LogP contribution in [0.4, 0.5) is 0 Å². The Balaban J connectivity index is 1.69. The molecule has 0 aromatic rings. The van der Waals surface area contributed by atoms with Gasteiger partial charge in [-0.05, 0) is 43.6 Å². The van der Waals surface area contributed by atoms with Gasteiger partial charge in [-0.3, -0.25) is 0 Å². The van der Waals surface area contributed by atoms with Crippen LogP contribution < -0.4 is 0 Å². The van der Waals surface area contributed by atoms with Crippen molar-refractivity contribution in [3.8, 4) is 0 Å². The molecule has 0 aromatic heterocycles. The fraction of sp³-hybridized carbons (Fsp3) is 1.00. The molecule has 2 aliphatic heterocycles. The Morgan fingerprint density at radius 2 is 1.31 bits per heavy atom. The topological polar surface area (TPSA) is 0 Å². The molecule has 2 fully saturated rings. The fourth-order valence-electron chi connectivity index (χ4n) is 2.28. The highest BCUT2D eigenvalue weighted by atomic mass is 32.2. The van der Waals surface area contributed by atoms with E-state index >= 15 is 0 Å². The van der Waals surface area contributed by atoms with Crippen LogP contribution >= 0.6 is 23.5 Å². The Morgan fingerprint density at radius 3 is 1.69 bits per heavy atom. The summed E-state index contributed by atoms with van der Waals surface area (Å²) in [4.78, 5) is 0. The van der Waals surface area contributed by atoms with Gasteiger partial charge in [0, 0.05) is 10.5 Å². The van der Waals surface area contributed by atoms with Gasteiger partial charge in [0.1, 0.15) is 0 Å². The van der Waals surface area contributed by atoms with Crippen molar-refractivity contribution in [2.75, 3.05) is 11.5 Å². The third kappa shape index (κ3) is 3.39. The first-order valence-corrected chi connectivity index (χ1v) is 7.78. The van der Waals surface area contributed by atoms with E-state index in [-0.39, 0.29) is 0 Å². The zero-order chi connectivity index (χ0) is 8.93. The second-order valence-electron chi connectivity index (χ2n) is 4.21. The molecule has 0 bridgehead atoms. The van der Waals surface area contributed by atoms with E-state index < -0.39 is 0 Å². The molecular formula is C11H20S2. The summed E-state index contributed by atoms with van der Waals surface area (Å²) < 4.78 is 0. The van der Waals surface area contributed by atoms with Crippen LogP contribution in [-0.2, 0) is 0 Å². The van der Waals surface area contributed by atoms with Crippen LogP contribution in [0, 0.1) is 0 Å². The second kappa shape index (κ2) is 5.55. The number of rotatable bonds is 2. The van der Waals surface area contributed by atoms with E-state index in [4.69, 9.17) is 0 Å². The molecule has 2 heterocycles. The van der Waals surface area contributed by atoms with Crippen molar-refractivity contribution < 1.29 is 0 Å². The second-order valence-corrected chi connectivity index (χ2v) is 7.03. The van der Waals surface area contributed by atoms with Gasteiger partial charge in [-0.15, -0.1) is 0 Å². The molecule has 0 N–H and O–H groups in total. The molecule has 0 aliphatic carbocycles. The summed E-state index contributed by atoms with van der Waals surface area (Å²) in [5.41, 5.74) is 0. The molecule has 0 spiro atoms. The maximum Gasteiger partial charge on any atom is 0.00575 e.